The zero-order valence-corrected chi connectivity index (χ0v) is 12.1. The van der Waals surface area contributed by atoms with Gasteiger partial charge >= 0.3 is 5.97 Å². The number of carbonyl (C=O) groups is 1. The van der Waals surface area contributed by atoms with Gasteiger partial charge in [0.25, 0.3) is 0 Å². The van der Waals surface area contributed by atoms with Crippen molar-refractivity contribution in [2.45, 2.75) is 12.6 Å². The molecule has 1 heterocycles. The summed E-state index contributed by atoms with van der Waals surface area (Å²) in [6.45, 7) is 2.05. The van der Waals surface area contributed by atoms with Crippen molar-refractivity contribution in [2.75, 3.05) is 26.9 Å². The Kier molecular flexibility index (Phi) is 5.05. The molecule has 1 saturated heterocycles. The molecule has 104 valence electrons. The first-order valence-corrected chi connectivity index (χ1v) is 6.71. The molecular formula is C13H15Cl2NO3. The number of hydrogen-bond acceptors (Lipinski definition) is 4. The van der Waals surface area contributed by atoms with Gasteiger partial charge in [-0.05, 0) is 12.1 Å². The first-order valence-electron chi connectivity index (χ1n) is 5.96. The van der Waals surface area contributed by atoms with Crippen molar-refractivity contribution in [3.05, 3.63) is 33.8 Å². The molecule has 0 bridgehead atoms. The van der Waals surface area contributed by atoms with Gasteiger partial charge in [-0.25, -0.2) is 0 Å². The van der Waals surface area contributed by atoms with E-state index in [4.69, 9.17) is 32.7 Å². The van der Waals surface area contributed by atoms with Gasteiger partial charge in [0.2, 0.25) is 0 Å². The first-order chi connectivity index (χ1) is 9.13. The molecule has 0 aliphatic carbocycles. The second-order valence-corrected chi connectivity index (χ2v) is 5.10. The Morgan fingerprint density at radius 2 is 2.16 bits per heavy atom. The van der Waals surface area contributed by atoms with E-state index < -0.39 is 6.04 Å². The quantitative estimate of drug-likeness (QED) is 0.804. The summed E-state index contributed by atoms with van der Waals surface area (Å²) in [5, 5.41) is 1.20. The lowest BCUT2D eigenvalue weighted by molar-refractivity contribution is -0.153. The van der Waals surface area contributed by atoms with E-state index in [1.54, 1.807) is 18.2 Å². The number of nitrogens with zero attached hydrogens (tertiary/aromatic N) is 1. The predicted octanol–water partition coefficient (Wildman–Crippen LogP) is 2.37. The monoisotopic (exact) mass is 303 g/mol. The van der Waals surface area contributed by atoms with E-state index in [2.05, 4.69) is 0 Å². The van der Waals surface area contributed by atoms with Crippen LogP contribution in [0.15, 0.2) is 18.2 Å². The van der Waals surface area contributed by atoms with E-state index in [1.807, 2.05) is 4.90 Å². The number of methoxy groups -OCH3 is 1. The molecule has 19 heavy (non-hydrogen) atoms. The van der Waals surface area contributed by atoms with Gasteiger partial charge < -0.3 is 9.47 Å². The summed E-state index contributed by atoms with van der Waals surface area (Å²) in [6, 6.07) is 4.96. The second-order valence-electron chi connectivity index (χ2n) is 4.28. The van der Waals surface area contributed by atoms with Crippen molar-refractivity contribution in [1.82, 2.24) is 4.90 Å². The molecule has 6 heteroatoms. The lowest BCUT2D eigenvalue weighted by Gasteiger charge is -2.33. The molecule has 0 aromatic heterocycles. The van der Waals surface area contributed by atoms with Crippen LogP contribution in [0.25, 0.3) is 0 Å². The molecule has 1 atom stereocenters. The van der Waals surface area contributed by atoms with Crippen LogP contribution >= 0.6 is 23.2 Å². The van der Waals surface area contributed by atoms with Crippen LogP contribution in [0, 0.1) is 0 Å². The molecule has 1 aliphatic rings. The fraction of sp³-hybridized carbons (Fsp3) is 0.462. The van der Waals surface area contributed by atoms with Crippen molar-refractivity contribution >= 4 is 29.2 Å². The summed E-state index contributed by atoms with van der Waals surface area (Å²) in [5.74, 6) is -0.303. The van der Waals surface area contributed by atoms with Crippen LogP contribution in [0.3, 0.4) is 0 Å². The summed E-state index contributed by atoms with van der Waals surface area (Å²) in [4.78, 5) is 13.7. The maximum atomic E-state index is 11.7. The average Bonchev–Trinajstić information content (AvgIpc) is 2.42. The van der Waals surface area contributed by atoms with Crippen LogP contribution < -0.4 is 0 Å². The van der Waals surface area contributed by atoms with Gasteiger partial charge in [0, 0.05) is 28.7 Å². The molecule has 1 aromatic rings. The molecule has 1 unspecified atom stereocenters. The number of benzene rings is 1. The minimum Gasteiger partial charge on any atom is -0.468 e. The Balaban J connectivity index is 2.18. The highest BCUT2D eigenvalue weighted by molar-refractivity contribution is 6.35. The molecule has 1 aliphatic heterocycles. The topological polar surface area (TPSA) is 38.8 Å². The summed E-state index contributed by atoms with van der Waals surface area (Å²) in [6.07, 6.45) is 0. The van der Waals surface area contributed by atoms with E-state index in [0.717, 1.165) is 5.56 Å². The third-order valence-electron chi connectivity index (χ3n) is 3.14. The summed E-state index contributed by atoms with van der Waals surface area (Å²) >= 11 is 12.3. The van der Waals surface area contributed by atoms with Crippen molar-refractivity contribution < 1.29 is 14.3 Å². The minimum atomic E-state index is -0.411. The Bertz CT molecular complexity index is 447. The Labute approximate surface area is 122 Å². The van der Waals surface area contributed by atoms with Gasteiger partial charge in [0.05, 0.1) is 20.3 Å². The Morgan fingerprint density at radius 3 is 2.79 bits per heavy atom. The van der Waals surface area contributed by atoms with E-state index in [1.165, 1.54) is 7.11 Å². The Hall–Kier alpha value is -0.810. The van der Waals surface area contributed by atoms with E-state index in [9.17, 15) is 4.79 Å². The summed E-state index contributed by atoms with van der Waals surface area (Å²) in [7, 11) is 1.37. The molecule has 0 spiro atoms. The van der Waals surface area contributed by atoms with Gasteiger partial charge in [0.15, 0.2) is 0 Å². The largest absolute Gasteiger partial charge is 0.468 e. The maximum Gasteiger partial charge on any atom is 0.325 e. The molecule has 0 saturated carbocycles. The summed E-state index contributed by atoms with van der Waals surface area (Å²) in [5.41, 5.74) is 0.821. The SMILES string of the molecule is COC(=O)C1COCCN1Cc1c(Cl)cccc1Cl. The fourth-order valence-electron chi connectivity index (χ4n) is 2.07. The molecule has 0 amide bonds. The number of halogens is 2. The van der Waals surface area contributed by atoms with E-state index in [-0.39, 0.29) is 5.97 Å². The number of morpholine rings is 1. The lowest BCUT2D eigenvalue weighted by atomic mass is 10.1. The number of ether oxygens (including phenoxy) is 2. The van der Waals surface area contributed by atoms with Gasteiger partial charge in [-0.15, -0.1) is 0 Å². The Morgan fingerprint density at radius 1 is 1.47 bits per heavy atom. The van der Waals surface area contributed by atoms with Crippen LogP contribution in [-0.4, -0.2) is 43.8 Å². The third kappa shape index (κ3) is 3.39. The zero-order valence-electron chi connectivity index (χ0n) is 10.6. The minimum absolute atomic E-state index is 0.303. The van der Waals surface area contributed by atoms with Crippen molar-refractivity contribution in [3.63, 3.8) is 0 Å². The number of esters is 1. The third-order valence-corrected chi connectivity index (χ3v) is 3.84. The predicted molar refractivity (Wildman–Crippen MR) is 73.5 cm³/mol. The highest BCUT2D eigenvalue weighted by atomic mass is 35.5. The second kappa shape index (κ2) is 6.57. The fourth-order valence-corrected chi connectivity index (χ4v) is 2.58. The van der Waals surface area contributed by atoms with Crippen molar-refractivity contribution in [3.8, 4) is 0 Å². The smallest absolute Gasteiger partial charge is 0.325 e. The van der Waals surface area contributed by atoms with Crippen LogP contribution in [0.4, 0.5) is 0 Å². The van der Waals surface area contributed by atoms with Crippen LogP contribution in [0.5, 0.6) is 0 Å². The molecule has 4 nitrogen and oxygen atoms in total. The van der Waals surface area contributed by atoms with Crippen LogP contribution in [0.2, 0.25) is 10.0 Å². The van der Waals surface area contributed by atoms with Crippen LogP contribution in [0.1, 0.15) is 5.56 Å². The normalized spacial score (nSPS) is 20.3. The van der Waals surface area contributed by atoms with Crippen molar-refractivity contribution in [1.29, 1.82) is 0 Å². The van der Waals surface area contributed by atoms with Crippen molar-refractivity contribution in [2.24, 2.45) is 0 Å². The van der Waals surface area contributed by atoms with Gasteiger partial charge in [0.1, 0.15) is 6.04 Å². The molecule has 1 aromatic carbocycles. The number of carbonyl (C=O) groups excluding carboxylic acids is 1. The molecule has 1 fully saturated rings. The van der Waals surface area contributed by atoms with Crippen LogP contribution in [-0.2, 0) is 20.8 Å². The first kappa shape index (κ1) is 14.6. The number of hydrogen-bond donors (Lipinski definition) is 0. The molecule has 0 radical (unpaired) electrons. The lowest BCUT2D eigenvalue weighted by Crippen LogP contribution is -2.49. The summed E-state index contributed by atoms with van der Waals surface area (Å²) < 4.78 is 10.1. The average molecular weight is 304 g/mol. The highest BCUT2D eigenvalue weighted by Crippen LogP contribution is 2.27. The molecule has 2 rings (SSSR count). The highest BCUT2D eigenvalue weighted by Gasteiger charge is 2.30. The van der Waals surface area contributed by atoms with Gasteiger partial charge in [-0.1, -0.05) is 29.3 Å². The zero-order chi connectivity index (χ0) is 13.8. The van der Waals surface area contributed by atoms with E-state index >= 15 is 0 Å². The molecule has 0 N–H and O–H groups in total. The standard InChI is InChI=1S/C13H15Cl2NO3/c1-18-13(17)12-8-19-6-5-16(12)7-9-10(14)3-2-4-11(9)15/h2-4,12H,5-8H2,1H3. The van der Waals surface area contributed by atoms with Gasteiger partial charge in [-0.2, -0.15) is 0 Å². The maximum absolute atomic E-state index is 11.7. The van der Waals surface area contributed by atoms with E-state index in [0.29, 0.717) is 36.3 Å². The van der Waals surface area contributed by atoms with Gasteiger partial charge in [-0.3, -0.25) is 9.69 Å². The molecular weight excluding hydrogens is 289 g/mol. The number of rotatable bonds is 3.